The monoisotopic (exact) mass is 316 g/mol. The molecule has 4 nitrogen and oxygen atoms in total. The van der Waals surface area contributed by atoms with Gasteiger partial charge in [0.05, 0.1) is 17.7 Å². The van der Waals surface area contributed by atoms with Crippen molar-refractivity contribution >= 4 is 5.91 Å². The summed E-state index contributed by atoms with van der Waals surface area (Å²) in [5.74, 6) is -0.211. The van der Waals surface area contributed by atoms with E-state index >= 15 is 0 Å². The molecule has 22 heavy (non-hydrogen) atoms. The number of hydrogen-bond acceptors (Lipinski definition) is 3. The zero-order valence-corrected chi connectivity index (χ0v) is 12.4. The minimum Gasteiger partial charge on any atom is -0.493 e. The molecular weight excluding hydrogens is 297 g/mol. The number of nitrogens with zero attached hydrogens (tertiary/aromatic N) is 1. The highest BCUT2D eigenvalue weighted by Crippen LogP contribution is 2.33. The second-order valence-electron chi connectivity index (χ2n) is 5.10. The van der Waals surface area contributed by atoms with Crippen LogP contribution in [0.25, 0.3) is 0 Å². The number of halogens is 3. The van der Waals surface area contributed by atoms with Crippen molar-refractivity contribution in [3.8, 4) is 5.75 Å². The number of amides is 1. The molecule has 0 spiro atoms. The summed E-state index contributed by atoms with van der Waals surface area (Å²) in [6, 6.07) is 3.06. The Kier molecular flexibility index (Phi) is 5.28. The molecule has 1 amide bonds. The summed E-state index contributed by atoms with van der Waals surface area (Å²) < 4.78 is 44.1. The minimum atomic E-state index is -4.48. The second kappa shape index (κ2) is 7.00. The summed E-state index contributed by atoms with van der Waals surface area (Å²) in [5, 5.41) is 3.10. The van der Waals surface area contributed by atoms with E-state index in [9.17, 15) is 18.0 Å². The summed E-state index contributed by atoms with van der Waals surface area (Å²) >= 11 is 0. The van der Waals surface area contributed by atoms with E-state index in [2.05, 4.69) is 5.32 Å². The van der Waals surface area contributed by atoms with Gasteiger partial charge in [-0.15, -0.1) is 0 Å². The number of rotatable bonds is 4. The molecule has 1 aromatic rings. The van der Waals surface area contributed by atoms with Crippen molar-refractivity contribution in [3.63, 3.8) is 0 Å². The lowest BCUT2D eigenvalue weighted by molar-refractivity contribution is -0.137. The van der Waals surface area contributed by atoms with E-state index in [0.717, 1.165) is 12.1 Å². The van der Waals surface area contributed by atoms with Crippen LogP contribution in [0, 0.1) is 0 Å². The molecule has 1 N–H and O–H groups in total. The van der Waals surface area contributed by atoms with Crippen LogP contribution in [0.3, 0.4) is 0 Å². The molecule has 0 unspecified atom stereocenters. The third kappa shape index (κ3) is 3.91. The molecule has 122 valence electrons. The Balaban J connectivity index is 2.33. The fourth-order valence-electron chi connectivity index (χ4n) is 2.25. The Labute approximate surface area is 127 Å². The number of hydrogen-bond donors (Lipinski definition) is 1. The highest BCUT2D eigenvalue weighted by atomic mass is 19.4. The van der Waals surface area contributed by atoms with Crippen LogP contribution < -0.4 is 10.1 Å². The van der Waals surface area contributed by atoms with E-state index in [0.29, 0.717) is 39.2 Å². The van der Waals surface area contributed by atoms with Gasteiger partial charge in [-0.25, -0.2) is 0 Å². The molecule has 0 bridgehead atoms. The lowest BCUT2D eigenvalue weighted by Gasteiger charge is -2.28. The molecule has 0 saturated carbocycles. The van der Waals surface area contributed by atoms with E-state index in [1.54, 1.807) is 4.90 Å². The molecule has 1 fully saturated rings. The summed E-state index contributed by atoms with van der Waals surface area (Å²) in [7, 11) is 0. The normalized spacial score (nSPS) is 15.7. The first kappa shape index (κ1) is 16.6. The number of nitrogens with one attached hydrogen (secondary N) is 1. The lowest BCUT2D eigenvalue weighted by Crippen LogP contribution is -2.46. The third-order valence-electron chi connectivity index (χ3n) is 3.40. The molecule has 1 heterocycles. The summed E-state index contributed by atoms with van der Waals surface area (Å²) in [4.78, 5) is 14.1. The first-order valence-electron chi connectivity index (χ1n) is 7.27. The highest BCUT2D eigenvalue weighted by Gasteiger charge is 2.33. The number of alkyl halides is 3. The Bertz CT molecular complexity index is 526. The Morgan fingerprint density at radius 2 is 2.00 bits per heavy atom. The number of carbonyl (C=O) groups is 1. The first-order chi connectivity index (χ1) is 10.4. The topological polar surface area (TPSA) is 41.6 Å². The van der Waals surface area contributed by atoms with Gasteiger partial charge in [-0.05, 0) is 24.6 Å². The van der Waals surface area contributed by atoms with Crippen molar-refractivity contribution in [2.45, 2.75) is 19.5 Å². The van der Waals surface area contributed by atoms with Crippen LogP contribution in [-0.4, -0.2) is 43.6 Å². The summed E-state index contributed by atoms with van der Waals surface area (Å²) in [6.45, 7) is 4.46. The van der Waals surface area contributed by atoms with Gasteiger partial charge in [-0.1, -0.05) is 6.92 Å². The molecule has 0 atom stereocenters. The van der Waals surface area contributed by atoms with Gasteiger partial charge in [0.2, 0.25) is 0 Å². The Hall–Kier alpha value is -1.76. The van der Waals surface area contributed by atoms with E-state index in [-0.39, 0.29) is 11.3 Å². The predicted molar refractivity (Wildman–Crippen MR) is 76.0 cm³/mol. The lowest BCUT2D eigenvalue weighted by atomic mass is 10.1. The maximum Gasteiger partial charge on any atom is 0.416 e. The molecule has 0 radical (unpaired) electrons. The van der Waals surface area contributed by atoms with Crippen LogP contribution >= 0.6 is 0 Å². The second-order valence-corrected chi connectivity index (χ2v) is 5.10. The van der Waals surface area contributed by atoms with Gasteiger partial charge in [0.1, 0.15) is 5.75 Å². The van der Waals surface area contributed by atoms with Crippen LogP contribution in [-0.2, 0) is 6.18 Å². The Morgan fingerprint density at radius 1 is 1.32 bits per heavy atom. The largest absolute Gasteiger partial charge is 0.493 e. The van der Waals surface area contributed by atoms with Crippen LogP contribution in [0.2, 0.25) is 0 Å². The molecule has 7 heteroatoms. The molecule has 1 aliphatic rings. The zero-order valence-electron chi connectivity index (χ0n) is 12.4. The zero-order chi connectivity index (χ0) is 16.2. The van der Waals surface area contributed by atoms with Crippen molar-refractivity contribution in [1.29, 1.82) is 0 Å². The molecule has 2 rings (SSSR count). The van der Waals surface area contributed by atoms with Gasteiger partial charge in [0.25, 0.3) is 5.91 Å². The van der Waals surface area contributed by atoms with Gasteiger partial charge in [-0.2, -0.15) is 13.2 Å². The minimum absolute atomic E-state index is 0.0230. The SMILES string of the molecule is CCCOc1ccc(C(F)(F)F)cc1C(=O)N1CCNCC1. The average Bonchev–Trinajstić information content (AvgIpc) is 2.52. The average molecular weight is 316 g/mol. The first-order valence-corrected chi connectivity index (χ1v) is 7.27. The van der Waals surface area contributed by atoms with Crippen molar-refractivity contribution in [3.05, 3.63) is 29.3 Å². The van der Waals surface area contributed by atoms with Gasteiger partial charge in [0.15, 0.2) is 0 Å². The van der Waals surface area contributed by atoms with E-state index in [4.69, 9.17) is 4.74 Å². The van der Waals surface area contributed by atoms with Crippen molar-refractivity contribution in [2.75, 3.05) is 32.8 Å². The van der Waals surface area contributed by atoms with E-state index in [1.165, 1.54) is 6.07 Å². The molecule has 1 aromatic carbocycles. The van der Waals surface area contributed by atoms with Crippen LogP contribution in [0.1, 0.15) is 29.3 Å². The van der Waals surface area contributed by atoms with Crippen molar-refractivity contribution in [1.82, 2.24) is 10.2 Å². The fourth-order valence-corrected chi connectivity index (χ4v) is 2.25. The van der Waals surface area contributed by atoms with Gasteiger partial charge in [0, 0.05) is 26.2 Å². The fraction of sp³-hybridized carbons (Fsp3) is 0.533. The maximum absolute atomic E-state index is 12.9. The van der Waals surface area contributed by atoms with E-state index in [1.807, 2.05) is 6.92 Å². The number of ether oxygens (including phenoxy) is 1. The predicted octanol–water partition coefficient (Wildman–Crippen LogP) is 2.54. The smallest absolute Gasteiger partial charge is 0.416 e. The van der Waals surface area contributed by atoms with Gasteiger partial charge >= 0.3 is 6.18 Å². The molecule has 1 aliphatic heterocycles. The highest BCUT2D eigenvalue weighted by molar-refractivity contribution is 5.97. The summed E-state index contributed by atoms with van der Waals surface area (Å²) in [5.41, 5.74) is -0.861. The third-order valence-corrected chi connectivity index (χ3v) is 3.40. The van der Waals surface area contributed by atoms with Crippen molar-refractivity contribution < 1.29 is 22.7 Å². The quantitative estimate of drug-likeness (QED) is 0.928. The van der Waals surface area contributed by atoms with Crippen LogP contribution in [0.15, 0.2) is 18.2 Å². The van der Waals surface area contributed by atoms with Gasteiger partial charge < -0.3 is 15.0 Å². The van der Waals surface area contributed by atoms with Crippen LogP contribution in [0.4, 0.5) is 13.2 Å². The van der Waals surface area contributed by atoms with E-state index < -0.39 is 17.6 Å². The molecular formula is C15H19F3N2O2. The summed E-state index contributed by atoms with van der Waals surface area (Å²) in [6.07, 6.45) is -3.77. The van der Waals surface area contributed by atoms with Crippen LogP contribution in [0.5, 0.6) is 5.75 Å². The molecule has 0 aliphatic carbocycles. The standard InChI is InChI=1S/C15H19F3N2O2/c1-2-9-22-13-4-3-11(15(16,17)18)10-12(13)14(21)20-7-5-19-6-8-20/h3-4,10,19H,2,5-9H2,1H3. The van der Waals surface area contributed by atoms with Crippen molar-refractivity contribution in [2.24, 2.45) is 0 Å². The molecule has 0 aromatic heterocycles. The number of piperazine rings is 1. The van der Waals surface area contributed by atoms with Gasteiger partial charge in [-0.3, -0.25) is 4.79 Å². The number of carbonyl (C=O) groups excluding carboxylic acids is 1. The maximum atomic E-state index is 12.9. The number of benzene rings is 1. The molecule has 1 saturated heterocycles. The Morgan fingerprint density at radius 3 is 2.59 bits per heavy atom.